The Bertz CT molecular complexity index is 908. The largest absolute Gasteiger partial charge is 0.497 e. The van der Waals surface area contributed by atoms with Crippen molar-refractivity contribution in [2.75, 3.05) is 30.9 Å². The third-order valence-electron chi connectivity index (χ3n) is 4.33. The first-order valence-corrected chi connectivity index (χ1v) is 9.55. The van der Waals surface area contributed by atoms with Gasteiger partial charge in [-0.25, -0.2) is 4.98 Å². The van der Waals surface area contributed by atoms with E-state index < -0.39 is 0 Å². The summed E-state index contributed by atoms with van der Waals surface area (Å²) in [5, 5.41) is 6.12. The quantitative estimate of drug-likeness (QED) is 0.566. The van der Waals surface area contributed by atoms with Crippen LogP contribution < -0.4 is 20.1 Å². The highest BCUT2D eigenvalue weighted by Crippen LogP contribution is 2.17. The molecule has 0 aliphatic carbocycles. The predicted molar refractivity (Wildman–Crippen MR) is 115 cm³/mol. The second kappa shape index (κ2) is 10.1. The van der Waals surface area contributed by atoms with Crippen molar-refractivity contribution in [1.29, 1.82) is 0 Å². The highest BCUT2D eigenvalue weighted by Gasteiger charge is 2.07. The van der Waals surface area contributed by atoms with E-state index in [1.165, 1.54) is 5.56 Å². The number of ether oxygens (including phenoxy) is 2. The van der Waals surface area contributed by atoms with E-state index in [0.717, 1.165) is 30.3 Å². The van der Waals surface area contributed by atoms with Gasteiger partial charge in [-0.3, -0.25) is 4.79 Å². The van der Waals surface area contributed by atoms with Gasteiger partial charge in [-0.1, -0.05) is 12.1 Å². The second-order valence-corrected chi connectivity index (χ2v) is 6.37. The number of carbonyl (C=O) groups is 1. The Morgan fingerprint density at radius 1 is 0.966 bits per heavy atom. The number of anilines is 2. The first-order valence-electron chi connectivity index (χ1n) is 9.55. The minimum atomic E-state index is -0.202. The SMILES string of the molecule is CCOc1ccc(NC(=O)c2ccc(NCCc3ccc(OC)cc3)nc2)cc1. The number of carbonyl (C=O) groups excluding carboxylic acids is 1. The monoisotopic (exact) mass is 391 g/mol. The van der Waals surface area contributed by atoms with Crippen molar-refractivity contribution in [3.63, 3.8) is 0 Å². The van der Waals surface area contributed by atoms with E-state index in [9.17, 15) is 4.79 Å². The number of aromatic nitrogens is 1. The first-order chi connectivity index (χ1) is 14.2. The van der Waals surface area contributed by atoms with Gasteiger partial charge in [0, 0.05) is 18.4 Å². The zero-order valence-corrected chi connectivity index (χ0v) is 16.6. The summed E-state index contributed by atoms with van der Waals surface area (Å²) in [5.41, 5.74) is 2.42. The molecule has 1 heterocycles. The van der Waals surface area contributed by atoms with Crippen LogP contribution in [-0.2, 0) is 6.42 Å². The van der Waals surface area contributed by atoms with Crippen molar-refractivity contribution in [2.45, 2.75) is 13.3 Å². The molecule has 6 heteroatoms. The molecule has 0 radical (unpaired) electrons. The summed E-state index contributed by atoms with van der Waals surface area (Å²) in [7, 11) is 1.66. The maximum atomic E-state index is 12.4. The molecule has 6 nitrogen and oxygen atoms in total. The number of pyridine rings is 1. The number of rotatable bonds is 9. The Kier molecular flexibility index (Phi) is 7.05. The summed E-state index contributed by atoms with van der Waals surface area (Å²) in [6.45, 7) is 3.29. The van der Waals surface area contributed by atoms with E-state index in [2.05, 4.69) is 15.6 Å². The van der Waals surface area contributed by atoms with Crippen LogP contribution >= 0.6 is 0 Å². The number of nitrogens with one attached hydrogen (secondary N) is 2. The Hall–Kier alpha value is -3.54. The second-order valence-electron chi connectivity index (χ2n) is 6.37. The minimum absolute atomic E-state index is 0.202. The van der Waals surface area contributed by atoms with Gasteiger partial charge in [0.25, 0.3) is 5.91 Å². The van der Waals surface area contributed by atoms with Crippen molar-refractivity contribution >= 4 is 17.4 Å². The van der Waals surface area contributed by atoms with Gasteiger partial charge in [0.2, 0.25) is 0 Å². The standard InChI is InChI=1S/C23H25N3O3/c1-3-29-21-11-7-19(8-12-21)26-23(27)18-6-13-22(25-16-18)24-15-14-17-4-9-20(28-2)10-5-17/h4-13,16H,3,14-15H2,1-2H3,(H,24,25)(H,26,27). The van der Waals surface area contributed by atoms with Gasteiger partial charge < -0.3 is 20.1 Å². The van der Waals surface area contributed by atoms with Gasteiger partial charge in [0.1, 0.15) is 17.3 Å². The van der Waals surface area contributed by atoms with Crippen LogP contribution in [0.15, 0.2) is 66.9 Å². The van der Waals surface area contributed by atoms with Crippen LogP contribution in [0, 0.1) is 0 Å². The average molecular weight is 391 g/mol. The molecule has 3 aromatic rings. The fourth-order valence-electron chi connectivity index (χ4n) is 2.76. The molecule has 0 spiro atoms. The third-order valence-corrected chi connectivity index (χ3v) is 4.33. The molecule has 2 aromatic carbocycles. The molecule has 1 aromatic heterocycles. The highest BCUT2D eigenvalue weighted by atomic mass is 16.5. The summed E-state index contributed by atoms with van der Waals surface area (Å²) in [6, 6.07) is 18.8. The van der Waals surface area contributed by atoms with Gasteiger partial charge in [-0.2, -0.15) is 0 Å². The lowest BCUT2D eigenvalue weighted by atomic mass is 10.1. The van der Waals surface area contributed by atoms with Crippen molar-refractivity contribution in [3.8, 4) is 11.5 Å². The van der Waals surface area contributed by atoms with E-state index in [1.54, 1.807) is 25.4 Å². The normalized spacial score (nSPS) is 10.3. The van der Waals surface area contributed by atoms with Crippen LogP contribution in [0.1, 0.15) is 22.8 Å². The molecule has 0 atom stereocenters. The number of benzene rings is 2. The van der Waals surface area contributed by atoms with Gasteiger partial charge in [0.15, 0.2) is 0 Å². The van der Waals surface area contributed by atoms with E-state index in [0.29, 0.717) is 17.9 Å². The van der Waals surface area contributed by atoms with Crippen LogP contribution in [0.2, 0.25) is 0 Å². The lowest BCUT2D eigenvalue weighted by Crippen LogP contribution is -2.13. The summed E-state index contributed by atoms with van der Waals surface area (Å²) in [4.78, 5) is 16.7. The molecule has 3 rings (SSSR count). The molecule has 29 heavy (non-hydrogen) atoms. The fraction of sp³-hybridized carbons (Fsp3) is 0.217. The molecule has 0 aliphatic heterocycles. The fourth-order valence-corrected chi connectivity index (χ4v) is 2.76. The summed E-state index contributed by atoms with van der Waals surface area (Å²) in [5.74, 6) is 2.15. The molecule has 0 fully saturated rings. The molecule has 0 bridgehead atoms. The predicted octanol–water partition coefficient (Wildman–Crippen LogP) is 4.40. The molecular formula is C23H25N3O3. The summed E-state index contributed by atoms with van der Waals surface area (Å²) >= 11 is 0. The smallest absolute Gasteiger partial charge is 0.257 e. The maximum Gasteiger partial charge on any atom is 0.257 e. The number of amides is 1. The van der Waals surface area contributed by atoms with Gasteiger partial charge >= 0.3 is 0 Å². The summed E-state index contributed by atoms with van der Waals surface area (Å²) < 4.78 is 10.6. The zero-order chi connectivity index (χ0) is 20.5. The molecule has 0 aliphatic rings. The van der Waals surface area contributed by atoms with E-state index in [1.807, 2.05) is 55.5 Å². The van der Waals surface area contributed by atoms with Crippen molar-refractivity contribution in [1.82, 2.24) is 4.98 Å². The average Bonchev–Trinajstić information content (AvgIpc) is 2.76. The molecule has 0 unspecified atom stereocenters. The molecular weight excluding hydrogens is 366 g/mol. The zero-order valence-electron chi connectivity index (χ0n) is 16.6. The highest BCUT2D eigenvalue weighted by molar-refractivity contribution is 6.04. The van der Waals surface area contributed by atoms with Crippen molar-refractivity contribution < 1.29 is 14.3 Å². The third kappa shape index (κ3) is 5.97. The van der Waals surface area contributed by atoms with Crippen LogP contribution in [0.5, 0.6) is 11.5 Å². The van der Waals surface area contributed by atoms with Gasteiger partial charge in [0.05, 0.1) is 19.3 Å². The van der Waals surface area contributed by atoms with Crippen LogP contribution in [0.25, 0.3) is 0 Å². The van der Waals surface area contributed by atoms with Gasteiger partial charge in [-0.15, -0.1) is 0 Å². The molecule has 0 saturated heterocycles. The first kappa shape index (κ1) is 20.2. The van der Waals surface area contributed by atoms with E-state index >= 15 is 0 Å². The van der Waals surface area contributed by atoms with Crippen molar-refractivity contribution in [2.24, 2.45) is 0 Å². The number of nitrogens with zero attached hydrogens (tertiary/aromatic N) is 1. The Morgan fingerprint density at radius 3 is 2.31 bits per heavy atom. The Labute approximate surface area is 170 Å². The number of hydrogen-bond acceptors (Lipinski definition) is 5. The summed E-state index contributed by atoms with van der Waals surface area (Å²) in [6.07, 6.45) is 2.44. The maximum absolute atomic E-state index is 12.4. The van der Waals surface area contributed by atoms with E-state index in [-0.39, 0.29) is 5.91 Å². The molecule has 2 N–H and O–H groups in total. The Morgan fingerprint density at radius 2 is 1.69 bits per heavy atom. The molecule has 150 valence electrons. The lowest BCUT2D eigenvalue weighted by Gasteiger charge is -2.09. The van der Waals surface area contributed by atoms with E-state index in [4.69, 9.17) is 9.47 Å². The lowest BCUT2D eigenvalue weighted by molar-refractivity contribution is 0.102. The van der Waals surface area contributed by atoms with Crippen LogP contribution in [0.4, 0.5) is 11.5 Å². The molecule has 0 saturated carbocycles. The minimum Gasteiger partial charge on any atom is -0.497 e. The topological polar surface area (TPSA) is 72.5 Å². The van der Waals surface area contributed by atoms with Crippen molar-refractivity contribution in [3.05, 3.63) is 78.0 Å². The van der Waals surface area contributed by atoms with Gasteiger partial charge in [-0.05, 0) is 67.4 Å². The number of methoxy groups -OCH3 is 1. The van der Waals surface area contributed by atoms with Crippen LogP contribution in [-0.4, -0.2) is 31.2 Å². The van der Waals surface area contributed by atoms with Crippen LogP contribution in [0.3, 0.4) is 0 Å². The molecule has 1 amide bonds. The Balaban J connectivity index is 1.48. The number of hydrogen-bond donors (Lipinski definition) is 2.